The quantitative estimate of drug-likeness (QED) is 0.636. The van der Waals surface area contributed by atoms with E-state index in [0.29, 0.717) is 24.9 Å². The summed E-state index contributed by atoms with van der Waals surface area (Å²) in [5.74, 6) is -0.287. The van der Waals surface area contributed by atoms with Gasteiger partial charge in [-0.1, -0.05) is 18.2 Å². The molecule has 1 saturated heterocycles. The van der Waals surface area contributed by atoms with Crippen molar-refractivity contribution in [2.75, 3.05) is 26.3 Å². The van der Waals surface area contributed by atoms with Gasteiger partial charge in [0.05, 0.1) is 18.3 Å². The van der Waals surface area contributed by atoms with Gasteiger partial charge < -0.3 is 14.8 Å². The number of rotatable bonds is 5. The molecular formula is C14H19NO3. The molecular weight excluding hydrogens is 230 g/mol. The number of ether oxygens (including phenoxy) is 2. The first kappa shape index (κ1) is 13.1. The Balaban J connectivity index is 1.62. The van der Waals surface area contributed by atoms with Gasteiger partial charge >= 0.3 is 5.97 Å². The van der Waals surface area contributed by atoms with E-state index >= 15 is 0 Å². The molecule has 0 spiro atoms. The largest absolute Gasteiger partial charge is 0.460 e. The Morgan fingerprint density at radius 3 is 2.61 bits per heavy atom. The van der Waals surface area contributed by atoms with Gasteiger partial charge in [0.15, 0.2) is 0 Å². The second-order valence-corrected chi connectivity index (χ2v) is 4.32. The molecule has 2 rings (SSSR count). The monoisotopic (exact) mass is 249 g/mol. The number of benzene rings is 1. The summed E-state index contributed by atoms with van der Waals surface area (Å²) in [5.41, 5.74) is 0.583. The summed E-state index contributed by atoms with van der Waals surface area (Å²) in [7, 11) is 0. The van der Waals surface area contributed by atoms with Crippen molar-refractivity contribution in [3.05, 3.63) is 35.9 Å². The van der Waals surface area contributed by atoms with Crippen LogP contribution in [0.2, 0.25) is 0 Å². The van der Waals surface area contributed by atoms with Crippen molar-refractivity contribution < 1.29 is 14.3 Å². The predicted molar refractivity (Wildman–Crippen MR) is 68.6 cm³/mol. The molecule has 4 nitrogen and oxygen atoms in total. The van der Waals surface area contributed by atoms with E-state index in [9.17, 15) is 4.79 Å². The second-order valence-electron chi connectivity index (χ2n) is 4.32. The fourth-order valence-electron chi connectivity index (χ4n) is 1.97. The maximum Gasteiger partial charge on any atom is 0.338 e. The maximum absolute atomic E-state index is 11.6. The lowest BCUT2D eigenvalue weighted by atomic mass is 10.1. The number of hydrogen-bond acceptors (Lipinski definition) is 4. The lowest BCUT2D eigenvalue weighted by Crippen LogP contribution is -2.33. The highest BCUT2D eigenvalue weighted by Gasteiger charge is 2.13. The van der Waals surface area contributed by atoms with Gasteiger partial charge in [-0.2, -0.15) is 0 Å². The van der Waals surface area contributed by atoms with E-state index in [1.807, 2.05) is 18.2 Å². The molecule has 0 bridgehead atoms. The van der Waals surface area contributed by atoms with Gasteiger partial charge in [0.25, 0.3) is 0 Å². The average molecular weight is 249 g/mol. The lowest BCUT2D eigenvalue weighted by molar-refractivity contribution is -0.00250. The Morgan fingerprint density at radius 2 is 1.89 bits per heavy atom. The van der Waals surface area contributed by atoms with Gasteiger partial charge in [-0.3, -0.25) is 0 Å². The topological polar surface area (TPSA) is 47.6 Å². The molecule has 1 aliphatic rings. The first-order valence-corrected chi connectivity index (χ1v) is 6.41. The van der Waals surface area contributed by atoms with E-state index in [0.717, 1.165) is 25.9 Å². The van der Waals surface area contributed by atoms with Crippen molar-refractivity contribution in [3.8, 4) is 0 Å². The Bertz CT molecular complexity index is 361. The molecule has 4 heteroatoms. The van der Waals surface area contributed by atoms with Crippen molar-refractivity contribution >= 4 is 5.97 Å². The van der Waals surface area contributed by atoms with Crippen LogP contribution in [0.4, 0.5) is 0 Å². The number of nitrogens with one attached hydrogen (secondary N) is 1. The third-order valence-electron chi connectivity index (χ3n) is 2.97. The van der Waals surface area contributed by atoms with Crippen molar-refractivity contribution in [2.45, 2.75) is 18.9 Å². The fraction of sp³-hybridized carbons (Fsp3) is 0.500. The summed E-state index contributed by atoms with van der Waals surface area (Å²) >= 11 is 0. The Hall–Kier alpha value is -1.39. The van der Waals surface area contributed by atoms with E-state index < -0.39 is 0 Å². The summed E-state index contributed by atoms with van der Waals surface area (Å²) in [6.45, 7) is 2.81. The van der Waals surface area contributed by atoms with Crippen LogP contribution < -0.4 is 5.32 Å². The third-order valence-corrected chi connectivity index (χ3v) is 2.97. The maximum atomic E-state index is 11.6. The molecule has 18 heavy (non-hydrogen) atoms. The Kier molecular flexibility index (Phi) is 5.17. The molecule has 98 valence electrons. The first-order valence-electron chi connectivity index (χ1n) is 6.41. The zero-order valence-electron chi connectivity index (χ0n) is 10.4. The molecule has 1 fully saturated rings. The van der Waals surface area contributed by atoms with Gasteiger partial charge in [0, 0.05) is 0 Å². The fourth-order valence-corrected chi connectivity index (χ4v) is 1.97. The number of piperidine rings is 1. The van der Waals surface area contributed by atoms with Gasteiger partial charge in [-0.15, -0.1) is 0 Å². The van der Waals surface area contributed by atoms with E-state index in [1.165, 1.54) is 0 Å². The summed E-state index contributed by atoms with van der Waals surface area (Å²) in [5, 5.41) is 3.28. The van der Waals surface area contributed by atoms with Crippen LogP contribution in [-0.4, -0.2) is 38.4 Å². The smallest absolute Gasteiger partial charge is 0.338 e. The molecule has 1 aliphatic heterocycles. The molecule has 0 saturated carbocycles. The number of carbonyl (C=O) groups is 1. The van der Waals surface area contributed by atoms with E-state index in [1.54, 1.807) is 12.1 Å². The van der Waals surface area contributed by atoms with E-state index in [4.69, 9.17) is 9.47 Å². The molecule has 1 heterocycles. The van der Waals surface area contributed by atoms with Crippen LogP contribution in [0.5, 0.6) is 0 Å². The summed E-state index contributed by atoms with van der Waals surface area (Å²) < 4.78 is 10.8. The number of esters is 1. The Labute approximate surface area is 107 Å². The van der Waals surface area contributed by atoms with Crippen molar-refractivity contribution in [1.29, 1.82) is 0 Å². The minimum atomic E-state index is -0.287. The number of carbonyl (C=O) groups excluding carboxylic acids is 1. The van der Waals surface area contributed by atoms with Gasteiger partial charge in [-0.05, 0) is 38.1 Å². The van der Waals surface area contributed by atoms with Crippen molar-refractivity contribution in [1.82, 2.24) is 5.32 Å². The van der Waals surface area contributed by atoms with Crippen LogP contribution in [-0.2, 0) is 9.47 Å². The molecule has 0 amide bonds. The van der Waals surface area contributed by atoms with E-state index in [2.05, 4.69) is 5.32 Å². The van der Waals surface area contributed by atoms with Crippen molar-refractivity contribution in [3.63, 3.8) is 0 Å². The van der Waals surface area contributed by atoms with Crippen LogP contribution in [0.15, 0.2) is 30.3 Å². The molecule has 1 aromatic carbocycles. The molecule has 1 aromatic rings. The highest BCUT2D eigenvalue weighted by atomic mass is 16.6. The highest BCUT2D eigenvalue weighted by Crippen LogP contribution is 2.07. The van der Waals surface area contributed by atoms with Crippen LogP contribution in [0.25, 0.3) is 0 Å². The van der Waals surface area contributed by atoms with Crippen molar-refractivity contribution in [2.24, 2.45) is 0 Å². The minimum Gasteiger partial charge on any atom is -0.460 e. The Morgan fingerprint density at radius 1 is 1.17 bits per heavy atom. The average Bonchev–Trinajstić information content (AvgIpc) is 2.45. The summed E-state index contributed by atoms with van der Waals surface area (Å²) in [6.07, 6.45) is 2.38. The van der Waals surface area contributed by atoms with Gasteiger partial charge in [0.1, 0.15) is 6.61 Å². The van der Waals surface area contributed by atoms with Crippen LogP contribution in [0, 0.1) is 0 Å². The normalized spacial score (nSPS) is 16.4. The first-order chi connectivity index (χ1) is 8.86. The molecule has 0 aliphatic carbocycles. The summed E-state index contributed by atoms with van der Waals surface area (Å²) in [4.78, 5) is 11.6. The molecule has 0 unspecified atom stereocenters. The molecule has 0 atom stereocenters. The summed E-state index contributed by atoms with van der Waals surface area (Å²) in [6, 6.07) is 9.01. The highest BCUT2D eigenvalue weighted by molar-refractivity contribution is 5.89. The second kappa shape index (κ2) is 7.13. The molecule has 0 radical (unpaired) electrons. The van der Waals surface area contributed by atoms with Gasteiger partial charge in [-0.25, -0.2) is 4.79 Å². The third kappa shape index (κ3) is 4.13. The van der Waals surface area contributed by atoms with Crippen LogP contribution in [0.3, 0.4) is 0 Å². The SMILES string of the molecule is O=C(OCCOC1CCNCC1)c1ccccc1. The van der Waals surface area contributed by atoms with Crippen LogP contribution >= 0.6 is 0 Å². The minimum absolute atomic E-state index is 0.287. The van der Waals surface area contributed by atoms with Gasteiger partial charge in [0.2, 0.25) is 0 Å². The zero-order chi connectivity index (χ0) is 12.6. The predicted octanol–water partition coefficient (Wildman–Crippen LogP) is 1.61. The van der Waals surface area contributed by atoms with Crippen LogP contribution in [0.1, 0.15) is 23.2 Å². The molecule has 0 aromatic heterocycles. The zero-order valence-corrected chi connectivity index (χ0v) is 10.4. The number of hydrogen-bond donors (Lipinski definition) is 1. The van der Waals surface area contributed by atoms with E-state index in [-0.39, 0.29) is 5.97 Å². The standard InChI is InChI=1S/C14H19NO3/c16-14(12-4-2-1-3-5-12)18-11-10-17-13-6-8-15-9-7-13/h1-5,13,15H,6-11H2. The molecule has 1 N–H and O–H groups in total. The lowest BCUT2D eigenvalue weighted by Gasteiger charge is -2.22.